The van der Waals surface area contributed by atoms with Crippen molar-refractivity contribution in [1.82, 2.24) is 9.38 Å². The summed E-state index contributed by atoms with van der Waals surface area (Å²) in [7, 11) is 0. The van der Waals surface area contributed by atoms with E-state index in [0.29, 0.717) is 21.5 Å². The second kappa shape index (κ2) is 6.06. The van der Waals surface area contributed by atoms with Crippen LogP contribution < -0.4 is 4.90 Å². The van der Waals surface area contributed by atoms with E-state index in [1.165, 1.54) is 0 Å². The predicted octanol–water partition coefficient (Wildman–Crippen LogP) is 5.52. The maximum absolute atomic E-state index is 12.4. The third kappa shape index (κ3) is 2.92. The molecule has 24 heavy (non-hydrogen) atoms. The van der Waals surface area contributed by atoms with Crippen LogP contribution in [-0.4, -0.2) is 20.8 Å². The average Bonchev–Trinajstić information content (AvgIpc) is 3.05. The highest BCUT2D eigenvalue weighted by Gasteiger charge is 2.32. The van der Waals surface area contributed by atoms with Gasteiger partial charge in [0, 0.05) is 18.7 Å². The molecular formula is C17H17Cl2N3OS. The minimum atomic E-state index is -0.428. The first kappa shape index (κ1) is 17.3. The summed E-state index contributed by atoms with van der Waals surface area (Å²) in [6.45, 7) is 7.50. The fourth-order valence-corrected chi connectivity index (χ4v) is 4.02. The Morgan fingerprint density at radius 2 is 2.04 bits per heavy atom. The number of pyridine rings is 1. The van der Waals surface area contributed by atoms with Crippen LogP contribution in [0.5, 0.6) is 0 Å². The average molecular weight is 382 g/mol. The number of nitrogens with zero attached hydrogens (tertiary/aromatic N) is 3. The lowest BCUT2D eigenvalue weighted by molar-refractivity contribution is -0.117. The Morgan fingerprint density at radius 1 is 1.33 bits per heavy atom. The van der Waals surface area contributed by atoms with E-state index >= 15 is 0 Å². The molecule has 7 heteroatoms. The molecular weight excluding hydrogens is 365 g/mol. The third-order valence-electron chi connectivity index (χ3n) is 3.57. The van der Waals surface area contributed by atoms with Gasteiger partial charge in [0.2, 0.25) is 5.91 Å². The monoisotopic (exact) mass is 381 g/mol. The predicted molar refractivity (Wildman–Crippen MR) is 101 cm³/mol. The van der Waals surface area contributed by atoms with Gasteiger partial charge in [0.15, 0.2) is 5.65 Å². The van der Waals surface area contributed by atoms with Gasteiger partial charge >= 0.3 is 0 Å². The van der Waals surface area contributed by atoms with Crippen molar-refractivity contribution in [2.24, 2.45) is 0 Å². The van der Waals surface area contributed by atoms with E-state index in [4.69, 9.17) is 28.2 Å². The number of amides is 1. The Bertz CT molecular complexity index is 910. The van der Waals surface area contributed by atoms with Crippen molar-refractivity contribution < 1.29 is 4.79 Å². The van der Waals surface area contributed by atoms with Crippen LogP contribution in [0.2, 0.25) is 10.0 Å². The molecule has 3 heterocycles. The molecule has 4 nitrogen and oxygen atoms in total. The van der Waals surface area contributed by atoms with Gasteiger partial charge in [0.25, 0.3) is 0 Å². The standard InChI is InChI=1S/C17H17Cl2N3OS/c1-10(23)22(17(2,3)4)16-14(13-6-5-7-24-13)20-15-12(19)8-11(18)9-21(15)16/h5-9H,1-4H3. The van der Waals surface area contributed by atoms with Gasteiger partial charge in [-0.3, -0.25) is 14.1 Å². The van der Waals surface area contributed by atoms with E-state index in [-0.39, 0.29) is 5.91 Å². The number of fused-ring (bicyclic) bond motifs is 1. The second-order valence-corrected chi connectivity index (χ2v) is 8.28. The molecule has 0 aliphatic heterocycles. The van der Waals surface area contributed by atoms with Crippen molar-refractivity contribution in [2.75, 3.05) is 4.90 Å². The van der Waals surface area contributed by atoms with Crippen LogP contribution >= 0.6 is 34.5 Å². The van der Waals surface area contributed by atoms with Gasteiger partial charge in [-0.05, 0) is 38.3 Å². The third-order valence-corrected chi connectivity index (χ3v) is 4.93. The first-order valence-corrected chi connectivity index (χ1v) is 9.05. The molecule has 3 rings (SSSR count). The highest BCUT2D eigenvalue weighted by Crippen LogP contribution is 2.39. The Hall–Kier alpha value is -1.56. The van der Waals surface area contributed by atoms with Crippen LogP contribution in [0, 0.1) is 0 Å². The number of imidazole rings is 1. The van der Waals surface area contributed by atoms with Crippen LogP contribution in [0.3, 0.4) is 0 Å². The maximum atomic E-state index is 12.4. The van der Waals surface area contributed by atoms with Crippen molar-refractivity contribution in [3.63, 3.8) is 0 Å². The van der Waals surface area contributed by atoms with Crippen LogP contribution in [0.4, 0.5) is 5.82 Å². The number of carbonyl (C=O) groups excluding carboxylic acids is 1. The largest absolute Gasteiger partial charge is 0.291 e. The molecule has 0 aliphatic rings. The van der Waals surface area contributed by atoms with Crippen LogP contribution in [0.25, 0.3) is 16.2 Å². The summed E-state index contributed by atoms with van der Waals surface area (Å²) in [6.07, 6.45) is 1.74. The number of anilines is 1. The Labute approximate surface area is 154 Å². The van der Waals surface area contributed by atoms with Crippen molar-refractivity contribution in [2.45, 2.75) is 33.2 Å². The minimum Gasteiger partial charge on any atom is -0.291 e. The number of halogens is 2. The summed E-state index contributed by atoms with van der Waals surface area (Å²) in [6, 6.07) is 5.59. The lowest BCUT2D eigenvalue weighted by Gasteiger charge is -2.34. The quantitative estimate of drug-likeness (QED) is 0.585. The van der Waals surface area contributed by atoms with Gasteiger partial charge in [0.1, 0.15) is 11.5 Å². The molecule has 0 N–H and O–H groups in total. The van der Waals surface area contributed by atoms with E-state index in [2.05, 4.69) is 0 Å². The highest BCUT2D eigenvalue weighted by atomic mass is 35.5. The van der Waals surface area contributed by atoms with E-state index in [9.17, 15) is 4.79 Å². The van der Waals surface area contributed by atoms with Crippen LogP contribution in [0.1, 0.15) is 27.7 Å². The molecule has 0 bridgehead atoms. The van der Waals surface area contributed by atoms with Gasteiger partial charge in [-0.25, -0.2) is 4.98 Å². The van der Waals surface area contributed by atoms with Crippen molar-refractivity contribution >= 4 is 51.9 Å². The Morgan fingerprint density at radius 3 is 2.58 bits per heavy atom. The summed E-state index contributed by atoms with van der Waals surface area (Å²) in [4.78, 5) is 19.8. The van der Waals surface area contributed by atoms with E-state index < -0.39 is 5.54 Å². The summed E-state index contributed by atoms with van der Waals surface area (Å²) < 4.78 is 1.80. The number of hydrogen-bond donors (Lipinski definition) is 0. The minimum absolute atomic E-state index is 0.0711. The Kier molecular flexibility index (Phi) is 4.36. The molecule has 3 aromatic rings. The van der Waals surface area contributed by atoms with Gasteiger partial charge < -0.3 is 0 Å². The number of rotatable bonds is 2. The molecule has 0 saturated carbocycles. The fourth-order valence-electron chi connectivity index (χ4n) is 2.79. The van der Waals surface area contributed by atoms with Crippen LogP contribution in [-0.2, 0) is 4.79 Å². The highest BCUT2D eigenvalue weighted by molar-refractivity contribution is 7.13. The molecule has 0 aliphatic carbocycles. The summed E-state index contributed by atoms with van der Waals surface area (Å²) in [5.41, 5.74) is 0.872. The molecule has 0 fully saturated rings. The number of aromatic nitrogens is 2. The lowest BCUT2D eigenvalue weighted by Crippen LogP contribution is -2.45. The zero-order valence-electron chi connectivity index (χ0n) is 13.8. The SMILES string of the molecule is CC(=O)N(c1c(-c2cccs2)nc2c(Cl)cc(Cl)cn12)C(C)(C)C. The molecule has 0 saturated heterocycles. The van der Waals surface area contributed by atoms with Gasteiger partial charge in [-0.15, -0.1) is 11.3 Å². The number of carbonyl (C=O) groups is 1. The lowest BCUT2D eigenvalue weighted by atomic mass is 10.1. The molecule has 3 aromatic heterocycles. The number of thiophene rings is 1. The van der Waals surface area contributed by atoms with Crippen molar-refractivity contribution in [3.05, 3.63) is 39.8 Å². The van der Waals surface area contributed by atoms with Gasteiger partial charge in [-0.2, -0.15) is 0 Å². The normalized spacial score (nSPS) is 11.9. The van der Waals surface area contributed by atoms with E-state index in [0.717, 1.165) is 10.6 Å². The zero-order valence-corrected chi connectivity index (χ0v) is 16.1. The molecule has 0 aromatic carbocycles. The van der Waals surface area contributed by atoms with Crippen molar-refractivity contribution in [1.29, 1.82) is 0 Å². The molecule has 0 atom stereocenters. The number of hydrogen-bond acceptors (Lipinski definition) is 3. The van der Waals surface area contributed by atoms with Gasteiger partial charge in [0.05, 0.1) is 14.9 Å². The van der Waals surface area contributed by atoms with E-state index in [1.54, 1.807) is 39.8 Å². The first-order chi connectivity index (χ1) is 11.2. The molecule has 126 valence electrons. The smallest absolute Gasteiger partial charge is 0.225 e. The summed E-state index contributed by atoms with van der Waals surface area (Å²) in [5.74, 6) is 0.607. The summed E-state index contributed by atoms with van der Waals surface area (Å²) >= 11 is 14.1. The maximum Gasteiger partial charge on any atom is 0.225 e. The Balaban J connectivity index is 2.43. The van der Waals surface area contributed by atoms with Crippen LogP contribution in [0.15, 0.2) is 29.8 Å². The van der Waals surface area contributed by atoms with Gasteiger partial charge in [-0.1, -0.05) is 29.3 Å². The molecule has 1 amide bonds. The second-order valence-electron chi connectivity index (χ2n) is 6.49. The molecule has 0 spiro atoms. The zero-order chi connectivity index (χ0) is 17.6. The fraction of sp³-hybridized carbons (Fsp3) is 0.294. The van der Waals surface area contributed by atoms with E-state index in [1.807, 2.05) is 38.3 Å². The first-order valence-electron chi connectivity index (χ1n) is 7.42. The van der Waals surface area contributed by atoms with Crippen molar-refractivity contribution in [3.8, 4) is 10.6 Å². The summed E-state index contributed by atoms with van der Waals surface area (Å²) in [5, 5.41) is 2.91. The molecule has 0 radical (unpaired) electrons. The topological polar surface area (TPSA) is 37.6 Å². The molecule has 0 unspecified atom stereocenters.